The van der Waals surface area contributed by atoms with Crippen molar-refractivity contribution >= 4 is 5.78 Å². The topological polar surface area (TPSA) is 17.1 Å². The first-order valence-corrected chi connectivity index (χ1v) is 11.2. The zero-order chi connectivity index (χ0) is 16.9. The molecule has 3 fully saturated rings. The first-order chi connectivity index (χ1) is 11.7. The van der Waals surface area contributed by atoms with Crippen LogP contribution in [0, 0.1) is 35.5 Å². The largest absolute Gasteiger partial charge is 0.300 e. The molecule has 138 valence electrons. The van der Waals surface area contributed by atoms with Crippen molar-refractivity contribution in [3.63, 3.8) is 0 Å². The first-order valence-electron chi connectivity index (χ1n) is 11.2. The summed E-state index contributed by atoms with van der Waals surface area (Å²) in [6.45, 7) is 4.12. The predicted molar refractivity (Wildman–Crippen MR) is 102 cm³/mol. The lowest BCUT2D eigenvalue weighted by Gasteiger charge is -2.45. The molecule has 4 atom stereocenters. The molecule has 3 aliphatic rings. The van der Waals surface area contributed by atoms with E-state index in [1.807, 2.05) is 0 Å². The van der Waals surface area contributed by atoms with Crippen LogP contribution in [0.3, 0.4) is 0 Å². The van der Waals surface area contributed by atoms with Gasteiger partial charge in [-0.15, -0.1) is 0 Å². The van der Waals surface area contributed by atoms with Crippen LogP contribution in [0.25, 0.3) is 0 Å². The molecule has 1 heteroatoms. The number of carbonyl (C=O) groups excluding carboxylic acids is 1. The van der Waals surface area contributed by atoms with Gasteiger partial charge in [0, 0.05) is 5.92 Å². The third kappa shape index (κ3) is 4.64. The molecule has 0 aromatic heterocycles. The Labute approximate surface area is 150 Å². The molecule has 1 nitrogen and oxygen atoms in total. The van der Waals surface area contributed by atoms with Crippen LogP contribution in [-0.2, 0) is 4.79 Å². The van der Waals surface area contributed by atoms with Crippen LogP contribution in [0.1, 0.15) is 104 Å². The number of hydrogen-bond acceptors (Lipinski definition) is 1. The molecule has 24 heavy (non-hydrogen) atoms. The summed E-state index contributed by atoms with van der Waals surface area (Å²) in [5.74, 6) is 5.96. The van der Waals surface area contributed by atoms with Crippen molar-refractivity contribution in [1.82, 2.24) is 0 Å². The molecule has 0 radical (unpaired) electrons. The van der Waals surface area contributed by atoms with Crippen molar-refractivity contribution in [3.8, 4) is 0 Å². The minimum absolute atomic E-state index is 0.399. The van der Waals surface area contributed by atoms with Gasteiger partial charge in [-0.25, -0.2) is 0 Å². The van der Waals surface area contributed by atoms with Crippen LogP contribution < -0.4 is 0 Å². The van der Waals surface area contributed by atoms with E-state index in [2.05, 4.69) is 6.92 Å². The summed E-state index contributed by atoms with van der Waals surface area (Å²) in [6, 6.07) is 0. The normalized spacial score (nSPS) is 40.1. The maximum Gasteiger partial charge on any atom is 0.132 e. The summed E-state index contributed by atoms with van der Waals surface area (Å²) < 4.78 is 0. The fourth-order valence-corrected chi connectivity index (χ4v) is 6.39. The lowest BCUT2D eigenvalue weighted by molar-refractivity contribution is -0.122. The highest BCUT2D eigenvalue weighted by atomic mass is 16.1. The van der Waals surface area contributed by atoms with Crippen LogP contribution in [0.2, 0.25) is 0 Å². The van der Waals surface area contributed by atoms with Gasteiger partial charge >= 0.3 is 0 Å². The van der Waals surface area contributed by atoms with Gasteiger partial charge in [0.15, 0.2) is 0 Å². The van der Waals surface area contributed by atoms with Crippen molar-refractivity contribution in [2.75, 3.05) is 0 Å². The summed E-state index contributed by atoms with van der Waals surface area (Å²) in [7, 11) is 0. The first kappa shape index (κ1) is 18.5. The Kier molecular flexibility index (Phi) is 6.81. The fraction of sp³-hybridized carbons (Fsp3) is 0.957. The number of hydrogen-bond donors (Lipinski definition) is 0. The van der Waals surface area contributed by atoms with Crippen LogP contribution in [0.15, 0.2) is 0 Å². The molecule has 0 N–H and O–H groups in total. The maximum absolute atomic E-state index is 11.6. The second-order valence-electron chi connectivity index (χ2n) is 9.49. The second kappa shape index (κ2) is 8.86. The minimum Gasteiger partial charge on any atom is -0.300 e. The standard InChI is InChI=1S/C23H40O/c1-3-4-5-6-18-7-8-23-16-22(14-13-21(23)15-18)20-11-9-19(10-12-20)17(2)24/h18-23H,3-16H2,1-2H3/t18-,19?,20?,21-,22+,23+/m0/s1. The van der Waals surface area contributed by atoms with Crippen molar-refractivity contribution in [2.24, 2.45) is 35.5 Å². The van der Waals surface area contributed by atoms with Crippen LogP contribution in [-0.4, -0.2) is 5.78 Å². The summed E-state index contributed by atoms with van der Waals surface area (Å²) in [6.07, 6.45) is 20.0. The second-order valence-corrected chi connectivity index (χ2v) is 9.49. The average Bonchev–Trinajstić information content (AvgIpc) is 2.61. The third-order valence-electron chi connectivity index (χ3n) is 7.99. The minimum atomic E-state index is 0.399. The van der Waals surface area contributed by atoms with E-state index in [0.717, 1.165) is 29.6 Å². The van der Waals surface area contributed by atoms with E-state index in [0.29, 0.717) is 11.7 Å². The van der Waals surface area contributed by atoms with Crippen molar-refractivity contribution in [2.45, 2.75) is 104 Å². The highest BCUT2D eigenvalue weighted by molar-refractivity contribution is 5.78. The van der Waals surface area contributed by atoms with Crippen molar-refractivity contribution in [3.05, 3.63) is 0 Å². The van der Waals surface area contributed by atoms with Crippen LogP contribution >= 0.6 is 0 Å². The number of unbranched alkanes of at least 4 members (excludes halogenated alkanes) is 2. The van der Waals surface area contributed by atoms with Gasteiger partial charge in [0.2, 0.25) is 0 Å². The Morgan fingerprint density at radius 3 is 2.00 bits per heavy atom. The fourth-order valence-electron chi connectivity index (χ4n) is 6.39. The van der Waals surface area contributed by atoms with E-state index >= 15 is 0 Å². The quantitative estimate of drug-likeness (QED) is 0.489. The molecule has 0 aliphatic heterocycles. The Morgan fingerprint density at radius 2 is 1.33 bits per heavy atom. The molecule has 0 spiro atoms. The third-order valence-corrected chi connectivity index (χ3v) is 7.99. The van der Waals surface area contributed by atoms with Crippen molar-refractivity contribution < 1.29 is 4.79 Å². The Hall–Kier alpha value is -0.330. The molecule has 3 rings (SSSR count). The zero-order valence-electron chi connectivity index (χ0n) is 16.3. The van der Waals surface area contributed by atoms with Gasteiger partial charge in [0.05, 0.1) is 0 Å². The molecule has 0 saturated heterocycles. The average molecular weight is 333 g/mol. The number of fused-ring (bicyclic) bond motifs is 1. The van der Waals surface area contributed by atoms with E-state index in [-0.39, 0.29) is 0 Å². The summed E-state index contributed by atoms with van der Waals surface area (Å²) >= 11 is 0. The van der Waals surface area contributed by atoms with Gasteiger partial charge in [-0.1, -0.05) is 39.0 Å². The smallest absolute Gasteiger partial charge is 0.132 e. The number of rotatable bonds is 6. The molecular weight excluding hydrogens is 292 g/mol. The molecule has 0 bridgehead atoms. The highest BCUT2D eigenvalue weighted by Crippen LogP contribution is 2.49. The van der Waals surface area contributed by atoms with Gasteiger partial charge in [-0.05, 0) is 94.3 Å². The molecule has 0 aromatic rings. The highest BCUT2D eigenvalue weighted by Gasteiger charge is 2.38. The lowest BCUT2D eigenvalue weighted by atomic mass is 9.60. The molecule has 0 aromatic carbocycles. The maximum atomic E-state index is 11.6. The molecule has 3 aliphatic carbocycles. The van der Waals surface area contributed by atoms with Crippen LogP contribution in [0.4, 0.5) is 0 Å². The molecule has 0 heterocycles. The van der Waals surface area contributed by atoms with E-state index in [9.17, 15) is 4.79 Å². The Bertz CT molecular complexity index is 393. The van der Waals surface area contributed by atoms with Gasteiger partial charge in [0.25, 0.3) is 0 Å². The lowest BCUT2D eigenvalue weighted by Crippen LogP contribution is -2.35. The summed E-state index contributed by atoms with van der Waals surface area (Å²) in [4.78, 5) is 11.6. The predicted octanol–water partition coefficient (Wildman–Crippen LogP) is 6.79. The monoisotopic (exact) mass is 332 g/mol. The van der Waals surface area contributed by atoms with Crippen molar-refractivity contribution in [1.29, 1.82) is 0 Å². The van der Waals surface area contributed by atoms with Gasteiger partial charge < -0.3 is 0 Å². The number of carbonyl (C=O) groups is 1. The van der Waals surface area contributed by atoms with E-state index < -0.39 is 0 Å². The summed E-state index contributed by atoms with van der Waals surface area (Å²) in [5.41, 5.74) is 0. The molecular formula is C23H40O. The van der Waals surface area contributed by atoms with Crippen LogP contribution in [0.5, 0.6) is 0 Å². The molecule has 0 amide bonds. The van der Waals surface area contributed by atoms with Gasteiger partial charge in [0.1, 0.15) is 5.78 Å². The Morgan fingerprint density at radius 1 is 0.750 bits per heavy atom. The van der Waals surface area contributed by atoms with E-state index in [1.54, 1.807) is 13.3 Å². The van der Waals surface area contributed by atoms with E-state index in [4.69, 9.17) is 0 Å². The van der Waals surface area contributed by atoms with E-state index in [1.165, 1.54) is 83.5 Å². The van der Waals surface area contributed by atoms with Gasteiger partial charge in [-0.3, -0.25) is 4.79 Å². The zero-order valence-corrected chi connectivity index (χ0v) is 16.3. The number of Topliss-reactive ketones (excluding diaryl/α,β-unsaturated/α-hetero) is 1. The van der Waals surface area contributed by atoms with Gasteiger partial charge in [-0.2, -0.15) is 0 Å². The number of ketones is 1. The molecule has 0 unspecified atom stereocenters. The Balaban J connectivity index is 1.42. The molecule has 3 saturated carbocycles. The summed E-state index contributed by atoms with van der Waals surface area (Å²) in [5, 5.41) is 0. The SMILES string of the molecule is CCCCC[C@H]1CC[C@@H]2C[C@H](C3CCC(C(C)=O)CC3)CC[C@H]2C1.